The zero-order valence-electron chi connectivity index (χ0n) is 11.7. The highest BCUT2D eigenvalue weighted by atomic mass is 35.5. The fourth-order valence-corrected chi connectivity index (χ4v) is 2.42. The number of anilines is 1. The van der Waals surface area contributed by atoms with Gasteiger partial charge in [-0.05, 0) is 25.1 Å². The van der Waals surface area contributed by atoms with Crippen molar-refractivity contribution in [3.63, 3.8) is 0 Å². The van der Waals surface area contributed by atoms with Crippen LogP contribution in [0.4, 0.5) is 10.3 Å². The molecule has 0 atom stereocenters. The molecule has 110 valence electrons. The van der Waals surface area contributed by atoms with Crippen molar-refractivity contribution in [3.8, 4) is 22.4 Å². The van der Waals surface area contributed by atoms with E-state index in [-0.39, 0.29) is 11.0 Å². The molecule has 4 nitrogen and oxygen atoms in total. The van der Waals surface area contributed by atoms with E-state index in [2.05, 4.69) is 15.0 Å². The number of nitrogen functional groups attached to an aromatic ring is 1. The molecule has 0 fully saturated rings. The highest BCUT2D eigenvalue weighted by Crippen LogP contribution is 2.33. The van der Waals surface area contributed by atoms with Gasteiger partial charge in [-0.25, -0.2) is 14.4 Å². The molecule has 2 N–H and O–H groups in total. The summed E-state index contributed by atoms with van der Waals surface area (Å²) in [5.41, 5.74) is 9.19. The van der Waals surface area contributed by atoms with Gasteiger partial charge >= 0.3 is 0 Å². The van der Waals surface area contributed by atoms with E-state index in [1.165, 1.54) is 12.1 Å². The molecule has 3 aromatic rings. The smallest absolute Gasteiger partial charge is 0.220 e. The second-order valence-electron chi connectivity index (χ2n) is 4.76. The quantitative estimate of drug-likeness (QED) is 0.779. The molecule has 0 unspecified atom stereocenters. The zero-order chi connectivity index (χ0) is 15.7. The van der Waals surface area contributed by atoms with Gasteiger partial charge < -0.3 is 5.73 Å². The van der Waals surface area contributed by atoms with Crippen LogP contribution >= 0.6 is 11.6 Å². The highest BCUT2D eigenvalue weighted by molar-refractivity contribution is 6.30. The van der Waals surface area contributed by atoms with E-state index in [1.807, 2.05) is 19.1 Å². The van der Waals surface area contributed by atoms with Crippen molar-refractivity contribution in [2.24, 2.45) is 0 Å². The Morgan fingerprint density at radius 1 is 1.14 bits per heavy atom. The molecule has 3 rings (SSSR count). The summed E-state index contributed by atoms with van der Waals surface area (Å²) in [4.78, 5) is 12.6. The molecule has 0 amide bonds. The van der Waals surface area contributed by atoms with Gasteiger partial charge in [0.25, 0.3) is 0 Å². The molecule has 0 aliphatic heterocycles. The third-order valence-corrected chi connectivity index (χ3v) is 3.56. The number of halogens is 2. The number of aromatic nitrogens is 3. The predicted molar refractivity (Wildman–Crippen MR) is 84.8 cm³/mol. The Bertz CT molecular complexity index is 837. The Kier molecular flexibility index (Phi) is 3.73. The number of rotatable bonds is 2. The summed E-state index contributed by atoms with van der Waals surface area (Å²) < 4.78 is 13.8. The van der Waals surface area contributed by atoms with Crippen molar-refractivity contribution in [1.29, 1.82) is 0 Å². The molecule has 22 heavy (non-hydrogen) atoms. The van der Waals surface area contributed by atoms with Crippen LogP contribution in [0, 0.1) is 12.7 Å². The molecule has 1 aromatic carbocycles. The number of hydrogen-bond acceptors (Lipinski definition) is 4. The van der Waals surface area contributed by atoms with E-state index >= 15 is 0 Å². The molecule has 0 aliphatic carbocycles. The van der Waals surface area contributed by atoms with Crippen LogP contribution in [0.3, 0.4) is 0 Å². The van der Waals surface area contributed by atoms with Crippen molar-refractivity contribution < 1.29 is 4.39 Å². The van der Waals surface area contributed by atoms with Gasteiger partial charge in [0.15, 0.2) is 0 Å². The Labute approximate surface area is 131 Å². The molecular weight excluding hydrogens is 303 g/mol. The van der Waals surface area contributed by atoms with Gasteiger partial charge in [-0.3, -0.25) is 4.98 Å². The summed E-state index contributed by atoms with van der Waals surface area (Å²) >= 11 is 5.75. The van der Waals surface area contributed by atoms with Gasteiger partial charge in [-0.15, -0.1) is 0 Å². The van der Waals surface area contributed by atoms with E-state index < -0.39 is 5.82 Å². The van der Waals surface area contributed by atoms with Crippen LogP contribution in [0.1, 0.15) is 5.69 Å². The van der Waals surface area contributed by atoms with E-state index in [0.717, 1.165) is 11.1 Å². The first-order valence-corrected chi connectivity index (χ1v) is 6.94. The van der Waals surface area contributed by atoms with Crippen LogP contribution in [0.5, 0.6) is 0 Å². The molecule has 0 spiro atoms. The van der Waals surface area contributed by atoms with Crippen LogP contribution in [-0.4, -0.2) is 15.0 Å². The van der Waals surface area contributed by atoms with E-state index in [9.17, 15) is 4.39 Å². The lowest BCUT2D eigenvalue weighted by Crippen LogP contribution is -2.02. The summed E-state index contributed by atoms with van der Waals surface area (Å²) in [6.07, 6.45) is 3.39. The molecule has 0 saturated carbocycles. The maximum Gasteiger partial charge on any atom is 0.220 e. The van der Waals surface area contributed by atoms with Gasteiger partial charge in [-0.1, -0.05) is 23.7 Å². The number of nitrogens with two attached hydrogens (primary N) is 1. The predicted octanol–water partition coefficient (Wildman–Crippen LogP) is 3.89. The molecule has 0 saturated heterocycles. The van der Waals surface area contributed by atoms with Crippen LogP contribution in [0.2, 0.25) is 5.02 Å². The summed E-state index contributed by atoms with van der Waals surface area (Å²) in [7, 11) is 0. The van der Waals surface area contributed by atoms with Crippen LogP contribution in [0.25, 0.3) is 22.4 Å². The third-order valence-electron chi connectivity index (χ3n) is 3.25. The minimum absolute atomic E-state index is 0.0606. The Balaban J connectivity index is 2.28. The summed E-state index contributed by atoms with van der Waals surface area (Å²) in [5, 5.41) is 0.0606. The van der Waals surface area contributed by atoms with Crippen molar-refractivity contribution in [2.45, 2.75) is 6.92 Å². The standard InChI is InChI=1S/C16H12ClFN4/c1-9-14(11-3-2-6-20-8-11)15(22-16(19)21-9)10-4-5-12(17)13(18)7-10/h2-8H,1H3,(H2,19,21,22). The van der Waals surface area contributed by atoms with Gasteiger partial charge in [-0.2, -0.15) is 0 Å². The molecule has 0 bridgehead atoms. The summed E-state index contributed by atoms with van der Waals surface area (Å²) in [6.45, 7) is 1.83. The largest absolute Gasteiger partial charge is 0.368 e. The molecule has 6 heteroatoms. The first-order chi connectivity index (χ1) is 10.6. The topological polar surface area (TPSA) is 64.7 Å². The molecule has 2 aromatic heterocycles. The summed E-state index contributed by atoms with van der Waals surface area (Å²) in [6, 6.07) is 8.24. The van der Waals surface area contributed by atoms with Crippen LogP contribution in [0.15, 0.2) is 42.7 Å². The molecular formula is C16H12ClFN4. The van der Waals surface area contributed by atoms with Crippen molar-refractivity contribution >= 4 is 17.5 Å². The second kappa shape index (κ2) is 5.69. The fourth-order valence-electron chi connectivity index (χ4n) is 2.30. The first-order valence-electron chi connectivity index (χ1n) is 6.56. The average molecular weight is 315 g/mol. The van der Waals surface area contributed by atoms with Crippen LogP contribution < -0.4 is 5.73 Å². The van der Waals surface area contributed by atoms with Gasteiger partial charge in [0.2, 0.25) is 5.95 Å². The lowest BCUT2D eigenvalue weighted by atomic mass is 9.99. The number of hydrogen-bond donors (Lipinski definition) is 1. The maximum absolute atomic E-state index is 13.8. The van der Waals surface area contributed by atoms with Crippen molar-refractivity contribution in [1.82, 2.24) is 15.0 Å². The number of aryl methyl sites for hydroxylation is 1. The maximum atomic E-state index is 13.8. The fraction of sp³-hybridized carbons (Fsp3) is 0.0625. The van der Waals surface area contributed by atoms with Crippen molar-refractivity contribution in [2.75, 3.05) is 5.73 Å². The van der Waals surface area contributed by atoms with Gasteiger partial charge in [0.05, 0.1) is 16.4 Å². The Hall–Kier alpha value is -2.53. The Morgan fingerprint density at radius 3 is 2.64 bits per heavy atom. The molecule has 0 aliphatic rings. The number of nitrogens with zero attached hydrogens (tertiary/aromatic N) is 3. The lowest BCUT2D eigenvalue weighted by Gasteiger charge is -2.12. The van der Waals surface area contributed by atoms with Crippen LogP contribution in [-0.2, 0) is 0 Å². The minimum Gasteiger partial charge on any atom is -0.368 e. The second-order valence-corrected chi connectivity index (χ2v) is 5.17. The van der Waals surface area contributed by atoms with E-state index in [4.69, 9.17) is 17.3 Å². The zero-order valence-corrected chi connectivity index (χ0v) is 12.5. The first kappa shape index (κ1) is 14.4. The van der Waals surface area contributed by atoms with Gasteiger partial charge in [0, 0.05) is 29.1 Å². The summed E-state index contributed by atoms with van der Waals surface area (Å²) in [5.74, 6) is -0.373. The van der Waals surface area contributed by atoms with E-state index in [0.29, 0.717) is 17.0 Å². The molecule has 2 heterocycles. The SMILES string of the molecule is Cc1nc(N)nc(-c2ccc(Cl)c(F)c2)c1-c1cccnc1. The molecule has 0 radical (unpaired) electrons. The van der Waals surface area contributed by atoms with Crippen molar-refractivity contribution in [3.05, 3.63) is 59.3 Å². The third kappa shape index (κ3) is 2.63. The Morgan fingerprint density at radius 2 is 1.95 bits per heavy atom. The number of benzene rings is 1. The lowest BCUT2D eigenvalue weighted by molar-refractivity contribution is 0.628. The minimum atomic E-state index is -0.508. The van der Waals surface area contributed by atoms with Gasteiger partial charge in [0.1, 0.15) is 5.82 Å². The van der Waals surface area contributed by atoms with E-state index in [1.54, 1.807) is 18.5 Å². The monoisotopic (exact) mass is 314 g/mol. The normalized spacial score (nSPS) is 10.7. The average Bonchev–Trinajstić information content (AvgIpc) is 2.50. The highest BCUT2D eigenvalue weighted by Gasteiger charge is 2.16. The number of pyridine rings is 1.